The highest BCUT2D eigenvalue weighted by Gasteiger charge is 2.27. The molecule has 0 radical (unpaired) electrons. The van der Waals surface area contributed by atoms with Gasteiger partial charge < -0.3 is 11.1 Å². The molecule has 0 aliphatic carbocycles. The van der Waals surface area contributed by atoms with Crippen LogP contribution in [0.15, 0.2) is 54.6 Å². The minimum atomic E-state index is -3.31. The fraction of sp³-hybridized carbons (Fsp3) is 0.350. The van der Waals surface area contributed by atoms with Crippen LogP contribution in [-0.2, 0) is 26.1 Å². The molecular formula is C20H26N2O3S. The van der Waals surface area contributed by atoms with Crippen LogP contribution in [0.5, 0.6) is 0 Å². The van der Waals surface area contributed by atoms with Crippen LogP contribution in [0.2, 0.25) is 0 Å². The number of rotatable bonds is 6. The average Bonchev–Trinajstić information content (AvgIpc) is 2.53. The van der Waals surface area contributed by atoms with Gasteiger partial charge in [-0.25, -0.2) is 8.42 Å². The minimum absolute atomic E-state index is 0.0146. The first-order valence-electron chi connectivity index (χ1n) is 8.46. The molecule has 0 saturated carbocycles. The second kappa shape index (κ2) is 8.01. The lowest BCUT2D eigenvalue weighted by molar-refractivity contribution is -0.119. The average molecular weight is 375 g/mol. The first-order chi connectivity index (χ1) is 12.1. The van der Waals surface area contributed by atoms with Gasteiger partial charge in [-0.2, -0.15) is 0 Å². The number of hydrogen-bond donors (Lipinski definition) is 2. The summed E-state index contributed by atoms with van der Waals surface area (Å²) < 4.78 is 24.9. The quantitative estimate of drug-likeness (QED) is 0.813. The van der Waals surface area contributed by atoms with E-state index in [1.54, 1.807) is 36.4 Å². The van der Waals surface area contributed by atoms with E-state index < -0.39 is 15.9 Å². The van der Waals surface area contributed by atoms with Gasteiger partial charge in [0.1, 0.15) is 0 Å². The van der Waals surface area contributed by atoms with E-state index in [-0.39, 0.29) is 22.8 Å². The molecule has 0 fully saturated rings. The largest absolute Gasteiger partial charge is 0.325 e. The van der Waals surface area contributed by atoms with E-state index in [2.05, 4.69) is 5.32 Å². The molecule has 0 spiro atoms. The molecule has 2 rings (SSSR count). The molecule has 26 heavy (non-hydrogen) atoms. The molecule has 0 aliphatic rings. The summed E-state index contributed by atoms with van der Waals surface area (Å²) in [5.41, 5.74) is 7.53. The van der Waals surface area contributed by atoms with Crippen molar-refractivity contribution < 1.29 is 13.2 Å². The first kappa shape index (κ1) is 20.1. The number of benzene rings is 2. The Labute approximate surface area is 155 Å². The van der Waals surface area contributed by atoms with Crippen LogP contribution in [0.25, 0.3) is 0 Å². The molecule has 0 heterocycles. The van der Waals surface area contributed by atoms with Gasteiger partial charge in [0.15, 0.2) is 9.84 Å². The number of amides is 1. The van der Waals surface area contributed by atoms with Crippen LogP contribution < -0.4 is 11.1 Å². The summed E-state index contributed by atoms with van der Waals surface area (Å²) in [7, 11) is -3.31. The Balaban J connectivity index is 2.08. The highest BCUT2D eigenvalue weighted by Crippen LogP contribution is 2.20. The lowest BCUT2D eigenvalue weighted by Gasteiger charge is -2.25. The van der Waals surface area contributed by atoms with Crippen molar-refractivity contribution in [2.75, 3.05) is 5.32 Å². The van der Waals surface area contributed by atoms with Crippen LogP contribution in [-0.4, -0.2) is 20.4 Å². The summed E-state index contributed by atoms with van der Waals surface area (Å²) in [5, 5.41) is 2.77. The molecule has 0 unspecified atom stereocenters. The fourth-order valence-corrected chi connectivity index (χ4v) is 3.98. The highest BCUT2D eigenvalue weighted by molar-refractivity contribution is 7.89. The van der Waals surface area contributed by atoms with E-state index in [4.69, 9.17) is 5.73 Å². The van der Waals surface area contributed by atoms with Gasteiger partial charge in [-0.1, -0.05) is 63.2 Å². The van der Waals surface area contributed by atoms with Gasteiger partial charge in [-0.3, -0.25) is 4.79 Å². The number of sulfone groups is 1. The third-order valence-corrected chi connectivity index (χ3v) is 5.57. The topological polar surface area (TPSA) is 89.3 Å². The number of anilines is 1. The molecule has 0 aromatic heterocycles. The molecule has 5 nitrogen and oxygen atoms in total. The third kappa shape index (κ3) is 5.97. The number of carbonyl (C=O) groups is 1. The van der Waals surface area contributed by atoms with E-state index in [1.807, 2.05) is 39.0 Å². The van der Waals surface area contributed by atoms with E-state index in [0.29, 0.717) is 11.3 Å². The Morgan fingerprint density at radius 3 is 2.19 bits per heavy atom. The molecule has 140 valence electrons. The van der Waals surface area contributed by atoms with Crippen LogP contribution in [0.4, 0.5) is 5.69 Å². The van der Waals surface area contributed by atoms with E-state index in [0.717, 1.165) is 5.56 Å². The summed E-state index contributed by atoms with van der Waals surface area (Å²) >= 11 is 0. The Hall–Kier alpha value is -2.18. The maximum atomic E-state index is 12.4. The van der Waals surface area contributed by atoms with Gasteiger partial charge in [0.25, 0.3) is 0 Å². The Morgan fingerprint density at radius 2 is 1.58 bits per heavy atom. The molecule has 0 aliphatic heterocycles. The van der Waals surface area contributed by atoms with Crippen molar-refractivity contribution in [2.45, 2.75) is 38.3 Å². The van der Waals surface area contributed by atoms with Gasteiger partial charge in [-0.15, -0.1) is 0 Å². The zero-order valence-corrected chi connectivity index (χ0v) is 16.2. The van der Waals surface area contributed by atoms with Gasteiger partial charge in [0.2, 0.25) is 5.91 Å². The lowest BCUT2D eigenvalue weighted by atomic mass is 9.87. The summed E-state index contributed by atoms with van der Waals surface area (Å²) in [4.78, 5) is 12.2. The van der Waals surface area contributed by atoms with E-state index in [1.165, 1.54) is 0 Å². The molecule has 3 N–H and O–H groups in total. The number of nitrogens with one attached hydrogen (secondary N) is 1. The van der Waals surface area contributed by atoms with Crippen molar-refractivity contribution in [2.24, 2.45) is 11.1 Å². The minimum Gasteiger partial charge on any atom is -0.325 e. The number of nitrogens with two attached hydrogens (primary N) is 1. The maximum Gasteiger partial charge on any atom is 0.241 e. The number of carbonyl (C=O) groups excluding carboxylic acids is 1. The normalized spacial score (nSPS) is 13.2. The SMILES string of the molecule is CC(C)(C)[C@H](N)C(=O)Nc1cccc(CS(=O)(=O)Cc2ccccc2)c1. The van der Waals surface area contributed by atoms with Crippen LogP contribution in [0.3, 0.4) is 0 Å². The molecule has 1 atom stereocenters. The van der Waals surface area contributed by atoms with Gasteiger partial charge in [0.05, 0.1) is 17.5 Å². The summed E-state index contributed by atoms with van der Waals surface area (Å²) in [6.45, 7) is 5.68. The predicted molar refractivity (Wildman–Crippen MR) is 105 cm³/mol. The van der Waals surface area contributed by atoms with Crippen molar-refractivity contribution in [1.82, 2.24) is 0 Å². The third-order valence-electron chi connectivity index (χ3n) is 4.03. The highest BCUT2D eigenvalue weighted by atomic mass is 32.2. The van der Waals surface area contributed by atoms with Crippen LogP contribution in [0.1, 0.15) is 31.9 Å². The Morgan fingerprint density at radius 1 is 1.00 bits per heavy atom. The predicted octanol–water partition coefficient (Wildman–Crippen LogP) is 3.11. The van der Waals surface area contributed by atoms with Gasteiger partial charge >= 0.3 is 0 Å². The Kier molecular flexibility index (Phi) is 6.21. The zero-order valence-electron chi connectivity index (χ0n) is 15.4. The van der Waals surface area contributed by atoms with E-state index in [9.17, 15) is 13.2 Å². The molecule has 0 bridgehead atoms. The van der Waals surface area contributed by atoms with E-state index >= 15 is 0 Å². The number of hydrogen-bond acceptors (Lipinski definition) is 4. The van der Waals surface area contributed by atoms with Crippen LogP contribution in [0, 0.1) is 5.41 Å². The Bertz CT molecular complexity index is 856. The van der Waals surface area contributed by atoms with Crippen LogP contribution >= 0.6 is 0 Å². The first-order valence-corrected chi connectivity index (χ1v) is 10.3. The summed E-state index contributed by atoms with van der Waals surface area (Å²) in [5.74, 6) is -0.391. The zero-order chi connectivity index (χ0) is 19.4. The standard InChI is InChI=1S/C20H26N2O3S/c1-20(2,3)18(21)19(23)22-17-11-7-10-16(12-17)14-26(24,25)13-15-8-5-4-6-9-15/h4-12,18H,13-14,21H2,1-3H3,(H,22,23)/t18-/m1/s1. The summed E-state index contributed by atoms with van der Waals surface area (Å²) in [6, 6.07) is 15.3. The van der Waals surface area contributed by atoms with Gasteiger partial charge in [-0.05, 0) is 28.7 Å². The lowest BCUT2D eigenvalue weighted by Crippen LogP contribution is -2.45. The smallest absolute Gasteiger partial charge is 0.241 e. The second-order valence-corrected chi connectivity index (χ2v) is 9.62. The molecule has 2 aromatic carbocycles. The maximum absolute atomic E-state index is 12.4. The monoisotopic (exact) mass is 374 g/mol. The van der Waals surface area contributed by atoms with Crippen molar-refractivity contribution in [3.63, 3.8) is 0 Å². The second-order valence-electron chi connectivity index (χ2n) is 7.55. The van der Waals surface area contributed by atoms with Crippen molar-refractivity contribution in [3.8, 4) is 0 Å². The molecule has 0 saturated heterocycles. The van der Waals surface area contributed by atoms with Crippen molar-refractivity contribution in [1.29, 1.82) is 0 Å². The van der Waals surface area contributed by atoms with Crippen molar-refractivity contribution in [3.05, 3.63) is 65.7 Å². The fourth-order valence-electron chi connectivity index (χ4n) is 2.49. The molecule has 6 heteroatoms. The van der Waals surface area contributed by atoms with Gasteiger partial charge in [0, 0.05) is 5.69 Å². The molecular weight excluding hydrogens is 348 g/mol. The summed E-state index contributed by atoms with van der Waals surface area (Å²) in [6.07, 6.45) is 0. The molecule has 2 aromatic rings. The molecule has 1 amide bonds. The van der Waals surface area contributed by atoms with Crippen molar-refractivity contribution >= 4 is 21.4 Å².